The first-order valence-corrected chi connectivity index (χ1v) is 10.1. The largest absolute Gasteiger partial charge is 0.466 e. The number of rotatable bonds is 14. The molecular formula is C22H34O4. The minimum atomic E-state index is -0.294. The number of hydrogen-bond acceptors (Lipinski definition) is 4. The van der Waals surface area contributed by atoms with E-state index in [0.717, 1.165) is 31.2 Å². The fourth-order valence-electron chi connectivity index (χ4n) is 2.77. The molecule has 0 aliphatic carbocycles. The fraction of sp³-hybridized carbons (Fsp3) is 0.636. The van der Waals surface area contributed by atoms with E-state index in [0.29, 0.717) is 18.8 Å². The van der Waals surface area contributed by atoms with Crippen LogP contribution in [0.3, 0.4) is 0 Å². The molecule has 0 fully saturated rings. The van der Waals surface area contributed by atoms with Crippen molar-refractivity contribution in [2.75, 3.05) is 6.61 Å². The van der Waals surface area contributed by atoms with Crippen molar-refractivity contribution in [3.63, 3.8) is 0 Å². The van der Waals surface area contributed by atoms with Crippen molar-refractivity contribution in [2.45, 2.75) is 84.5 Å². The van der Waals surface area contributed by atoms with Crippen LogP contribution in [0.5, 0.6) is 5.75 Å². The van der Waals surface area contributed by atoms with Gasteiger partial charge in [-0.25, -0.2) is 0 Å². The van der Waals surface area contributed by atoms with Gasteiger partial charge in [0.25, 0.3) is 0 Å². The van der Waals surface area contributed by atoms with Crippen LogP contribution >= 0.6 is 0 Å². The van der Waals surface area contributed by atoms with Crippen molar-refractivity contribution in [2.24, 2.45) is 0 Å². The second kappa shape index (κ2) is 14.3. The van der Waals surface area contributed by atoms with Gasteiger partial charge in [-0.15, -0.1) is 0 Å². The van der Waals surface area contributed by atoms with E-state index in [9.17, 15) is 9.59 Å². The third-order valence-corrected chi connectivity index (χ3v) is 4.24. The quantitative estimate of drug-likeness (QED) is 0.245. The SMILES string of the molecule is CCCCCCCCOC(=O)CCCC(=O)Oc1ccccc1CCC. The maximum Gasteiger partial charge on any atom is 0.311 e. The molecule has 26 heavy (non-hydrogen) atoms. The highest BCUT2D eigenvalue weighted by atomic mass is 16.5. The first-order chi connectivity index (χ1) is 12.7. The fourth-order valence-corrected chi connectivity index (χ4v) is 2.77. The predicted molar refractivity (Wildman–Crippen MR) is 104 cm³/mol. The van der Waals surface area contributed by atoms with E-state index < -0.39 is 0 Å². The van der Waals surface area contributed by atoms with Crippen LogP contribution in [0, 0.1) is 0 Å². The molecule has 0 unspecified atom stereocenters. The molecule has 1 rings (SSSR count). The third kappa shape index (κ3) is 10.2. The number of hydrogen-bond donors (Lipinski definition) is 0. The number of benzene rings is 1. The van der Waals surface area contributed by atoms with Crippen LogP contribution in [0.2, 0.25) is 0 Å². The molecule has 0 aliphatic heterocycles. The monoisotopic (exact) mass is 362 g/mol. The summed E-state index contributed by atoms with van der Waals surface area (Å²) in [5, 5.41) is 0. The molecule has 0 bridgehead atoms. The Bertz CT molecular complexity index is 525. The average Bonchev–Trinajstić information content (AvgIpc) is 2.63. The van der Waals surface area contributed by atoms with Gasteiger partial charge in [-0.2, -0.15) is 0 Å². The number of carbonyl (C=O) groups is 2. The van der Waals surface area contributed by atoms with Gasteiger partial charge in [-0.3, -0.25) is 9.59 Å². The Hall–Kier alpha value is -1.84. The summed E-state index contributed by atoms with van der Waals surface area (Å²) in [5.41, 5.74) is 1.04. The van der Waals surface area contributed by atoms with E-state index in [1.807, 2.05) is 24.3 Å². The zero-order valence-electron chi connectivity index (χ0n) is 16.4. The van der Waals surface area contributed by atoms with Crippen molar-refractivity contribution >= 4 is 11.9 Å². The number of carbonyl (C=O) groups excluding carboxylic acids is 2. The number of esters is 2. The van der Waals surface area contributed by atoms with Gasteiger partial charge in [-0.1, -0.05) is 70.6 Å². The summed E-state index contributed by atoms with van der Waals surface area (Å²) in [5.74, 6) is 0.111. The average molecular weight is 363 g/mol. The van der Waals surface area contributed by atoms with Crippen molar-refractivity contribution in [3.8, 4) is 5.75 Å². The van der Waals surface area contributed by atoms with E-state index in [4.69, 9.17) is 9.47 Å². The summed E-state index contributed by atoms with van der Waals surface area (Å²) in [6.45, 7) is 4.77. The van der Waals surface area contributed by atoms with Crippen LogP contribution in [0.1, 0.15) is 83.6 Å². The molecule has 0 atom stereocenters. The van der Waals surface area contributed by atoms with Crippen LogP contribution in [-0.2, 0) is 20.7 Å². The maximum absolute atomic E-state index is 12.0. The lowest BCUT2D eigenvalue weighted by Gasteiger charge is -2.09. The highest BCUT2D eigenvalue weighted by Gasteiger charge is 2.10. The van der Waals surface area contributed by atoms with E-state index in [2.05, 4.69) is 13.8 Å². The molecule has 4 heteroatoms. The first-order valence-electron chi connectivity index (χ1n) is 10.1. The molecule has 0 heterocycles. The summed E-state index contributed by atoms with van der Waals surface area (Å²) in [4.78, 5) is 23.6. The molecular weight excluding hydrogens is 328 g/mol. The molecule has 0 radical (unpaired) electrons. The van der Waals surface area contributed by atoms with E-state index in [1.54, 1.807) is 0 Å². The molecule has 1 aromatic carbocycles. The Morgan fingerprint density at radius 1 is 0.808 bits per heavy atom. The highest BCUT2D eigenvalue weighted by molar-refractivity contribution is 5.74. The zero-order chi connectivity index (χ0) is 19.0. The van der Waals surface area contributed by atoms with Crippen LogP contribution in [0.15, 0.2) is 24.3 Å². The summed E-state index contributed by atoms with van der Waals surface area (Å²) in [6.07, 6.45) is 9.85. The molecule has 146 valence electrons. The van der Waals surface area contributed by atoms with Crippen LogP contribution in [0.4, 0.5) is 0 Å². The standard InChI is InChI=1S/C22H34O4/c1-3-5-6-7-8-11-18-25-21(23)16-12-17-22(24)26-20-15-10-9-14-19(20)13-4-2/h9-10,14-15H,3-8,11-13,16-18H2,1-2H3. The number of ether oxygens (including phenoxy) is 2. The molecule has 0 N–H and O–H groups in total. The summed E-state index contributed by atoms with van der Waals surface area (Å²) < 4.78 is 10.6. The van der Waals surface area contributed by atoms with E-state index in [-0.39, 0.29) is 24.8 Å². The molecule has 0 saturated heterocycles. The Kier molecular flexibility index (Phi) is 12.2. The predicted octanol–water partition coefficient (Wildman–Crippen LogP) is 5.62. The zero-order valence-corrected chi connectivity index (χ0v) is 16.4. The smallest absolute Gasteiger partial charge is 0.311 e. The topological polar surface area (TPSA) is 52.6 Å². The number of unbranched alkanes of at least 4 members (excludes halogenated alkanes) is 5. The van der Waals surface area contributed by atoms with Crippen LogP contribution in [0.25, 0.3) is 0 Å². The Labute approximate surface area is 158 Å². The van der Waals surface area contributed by atoms with E-state index >= 15 is 0 Å². The number of aryl methyl sites for hydroxylation is 1. The second-order valence-corrected chi connectivity index (χ2v) is 6.67. The molecule has 0 saturated carbocycles. The first kappa shape index (κ1) is 22.2. The second-order valence-electron chi connectivity index (χ2n) is 6.67. The van der Waals surface area contributed by atoms with Gasteiger partial charge < -0.3 is 9.47 Å². The van der Waals surface area contributed by atoms with E-state index in [1.165, 1.54) is 25.7 Å². The summed E-state index contributed by atoms with van der Waals surface area (Å²) in [6, 6.07) is 7.60. The molecule has 0 amide bonds. The van der Waals surface area contributed by atoms with Gasteiger partial charge in [0.05, 0.1) is 6.61 Å². The van der Waals surface area contributed by atoms with Gasteiger partial charge >= 0.3 is 11.9 Å². The molecule has 4 nitrogen and oxygen atoms in total. The van der Waals surface area contributed by atoms with Gasteiger partial charge in [0, 0.05) is 12.8 Å². The lowest BCUT2D eigenvalue weighted by molar-refractivity contribution is -0.144. The van der Waals surface area contributed by atoms with Crippen molar-refractivity contribution in [3.05, 3.63) is 29.8 Å². The Balaban J connectivity index is 2.13. The third-order valence-electron chi connectivity index (χ3n) is 4.24. The molecule has 0 aromatic heterocycles. The lowest BCUT2D eigenvalue weighted by atomic mass is 10.1. The maximum atomic E-state index is 12.0. The summed E-state index contributed by atoms with van der Waals surface area (Å²) >= 11 is 0. The molecule has 1 aromatic rings. The van der Waals surface area contributed by atoms with Gasteiger partial charge in [-0.05, 0) is 30.9 Å². The van der Waals surface area contributed by atoms with Gasteiger partial charge in [0.1, 0.15) is 5.75 Å². The van der Waals surface area contributed by atoms with Gasteiger partial charge in [0.2, 0.25) is 0 Å². The minimum Gasteiger partial charge on any atom is -0.466 e. The van der Waals surface area contributed by atoms with Crippen molar-refractivity contribution < 1.29 is 19.1 Å². The number of para-hydroxylation sites is 1. The normalized spacial score (nSPS) is 10.5. The molecule has 0 aliphatic rings. The Morgan fingerprint density at radius 2 is 1.50 bits per heavy atom. The van der Waals surface area contributed by atoms with Crippen molar-refractivity contribution in [1.82, 2.24) is 0 Å². The van der Waals surface area contributed by atoms with Crippen molar-refractivity contribution in [1.29, 1.82) is 0 Å². The minimum absolute atomic E-state index is 0.224. The summed E-state index contributed by atoms with van der Waals surface area (Å²) in [7, 11) is 0. The Morgan fingerprint density at radius 3 is 2.27 bits per heavy atom. The lowest BCUT2D eigenvalue weighted by Crippen LogP contribution is -2.11. The molecule has 0 spiro atoms. The highest BCUT2D eigenvalue weighted by Crippen LogP contribution is 2.20. The van der Waals surface area contributed by atoms with Crippen LogP contribution in [-0.4, -0.2) is 18.5 Å². The van der Waals surface area contributed by atoms with Gasteiger partial charge in [0.15, 0.2) is 0 Å². The van der Waals surface area contributed by atoms with Crippen LogP contribution < -0.4 is 4.74 Å².